The van der Waals surface area contributed by atoms with E-state index in [1.807, 2.05) is 20.8 Å². The summed E-state index contributed by atoms with van der Waals surface area (Å²) in [7, 11) is 6.44. The summed E-state index contributed by atoms with van der Waals surface area (Å²) in [4.78, 5) is 48.1. The lowest BCUT2D eigenvalue weighted by molar-refractivity contribution is -0.385. The minimum Gasteiger partial charge on any atom is -0.398 e. The van der Waals surface area contributed by atoms with Gasteiger partial charge in [-0.2, -0.15) is 0 Å². The van der Waals surface area contributed by atoms with Crippen LogP contribution >= 0.6 is 15.9 Å². The summed E-state index contributed by atoms with van der Waals surface area (Å²) in [6.07, 6.45) is 1.83. The first-order chi connectivity index (χ1) is 29.7. The van der Waals surface area contributed by atoms with Gasteiger partial charge in [0.2, 0.25) is 0 Å². The molecule has 18 heteroatoms. The molecule has 2 aromatic heterocycles. The number of fused-ring (bicyclic) bond motifs is 2. The molecule has 0 radical (unpaired) electrons. The molecular formula is C46H61BrN6O11. The van der Waals surface area contributed by atoms with Crippen molar-refractivity contribution >= 4 is 66.8 Å². The van der Waals surface area contributed by atoms with Crippen LogP contribution in [0.15, 0.2) is 59.1 Å². The number of non-ortho nitro benzene ring substituents is 3. The van der Waals surface area contributed by atoms with Crippen LogP contribution < -0.4 is 5.73 Å². The van der Waals surface area contributed by atoms with Crippen molar-refractivity contribution in [2.24, 2.45) is 5.41 Å². The lowest BCUT2D eigenvalue weighted by Crippen LogP contribution is -2.20. The number of H-pyrrole nitrogens is 2. The summed E-state index contributed by atoms with van der Waals surface area (Å²) >= 11 is 3.13. The van der Waals surface area contributed by atoms with E-state index in [1.54, 1.807) is 52.7 Å². The number of nitrogens with one attached hydrogen (secondary N) is 2. The van der Waals surface area contributed by atoms with E-state index >= 15 is 0 Å². The second-order valence-electron chi connectivity index (χ2n) is 17.5. The summed E-state index contributed by atoms with van der Waals surface area (Å²) in [5, 5.41) is 33.8. The minimum atomic E-state index is -0.483. The van der Waals surface area contributed by atoms with E-state index in [9.17, 15) is 35.1 Å². The maximum atomic E-state index is 11.0. The topological polar surface area (TPSA) is 241 Å². The van der Waals surface area contributed by atoms with Crippen LogP contribution in [0.5, 0.6) is 0 Å². The molecule has 348 valence electrons. The van der Waals surface area contributed by atoms with E-state index in [-0.39, 0.29) is 50.8 Å². The summed E-state index contributed by atoms with van der Waals surface area (Å²) in [6, 6.07) is 13.8. The van der Waals surface area contributed by atoms with E-state index in [0.717, 1.165) is 45.1 Å². The number of methoxy groups -OCH3 is 4. The Labute approximate surface area is 382 Å². The number of hydrogen-bond donors (Lipinski definition) is 3. The van der Waals surface area contributed by atoms with E-state index in [4.69, 9.17) is 24.7 Å². The summed E-state index contributed by atoms with van der Waals surface area (Å²) in [5.41, 5.74) is 11.2. The molecule has 5 aromatic rings. The summed E-state index contributed by atoms with van der Waals surface area (Å²) in [5.74, 6) is 6.14. The van der Waals surface area contributed by atoms with Crippen molar-refractivity contribution in [3.05, 3.63) is 112 Å². The SMILES string of the molecule is CC(C)(C)c1[nH]c2cc([N+](=O)[O-])ccc2c1CC=O.COC(CC#CC(C)(C)C)OC.COC(Cc1c(C(C)(C)C)[nH]c2cc([N+](=O)[O-])ccc12)OC.Nc1cc([N+](=O)[O-])ccc1Br. The van der Waals surface area contributed by atoms with E-state index < -0.39 is 9.85 Å². The van der Waals surface area contributed by atoms with Gasteiger partial charge >= 0.3 is 0 Å². The van der Waals surface area contributed by atoms with Crippen LogP contribution in [-0.4, -0.2) is 72.0 Å². The number of aromatic amines is 2. The number of nitrogens with zero attached hydrogens (tertiary/aromatic N) is 3. The van der Waals surface area contributed by atoms with Crippen LogP contribution in [0.2, 0.25) is 0 Å². The first kappa shape index (κ1) is 54.4. The van der Waals surface area contributed by atoms with Gasteiger partial charge in [0.25, 0.3) is 17.1 Å². The second kappa shape index (κ2) is 23.8. The maximum Gasteiger partial charge on any atom is 0.271 e. The highest BCUT2D eigenvalue weighted by Crippen LogP contribution is 2.35. The zero-order valence-corrected chi connectivity index (χ0v) is 40.4. The third-order valence-electron chi connectivity index (χ3n) is 9.33. The monoisotopic (exact) mass is 952 g/mol. The van der Waals surface area contributed by atoms with Gasteiger partial charge in [-0.05, 0) is 66.0 Å². The Balaban J connectivity index is 0.000000306. The van der Waals surface area contributed by atoms with Crippen LogP contribution in [0.1, 0.15) is 91.2 Å². The molecule has 3 aromatic carbocycles. The van der Waals surface area contributed by atoms with E-state index in [2.05, 4.69) is 79.3 Å². The maximum absolute atomic E-state index is 11.0. The highest BCUT2D eigenvalue weighted by Gasteiger charge is 2.26. The van der Waals surface area contributed by atoms with Gasteiger partial charge < -0.3 is 39.4 Å². The van der Waals surface area contributed by atoms with Crippen molar-refractivity contribution < 1.29 is 38.5 Å². The van der Waals surface area contributed by atoms with Gasteiger partial charge in [0, 0.05) is 121 Å². The molecule has 64 heavy (non-hydrogen) atoms. The Morgan fingerprint density at radius 2 is 1.08 bits per heavy atom. The van der Waals surface area contributed by atoms with Gasteiger partial charge in [-0.15, -0.1) is 0 Å². The number of carbonyl (C=O) groups excluding carboxylic acids is 1. The van der Waals surface area contributed by atoms with Crippen molar-refractivity contribution in [1.29, 1.82) is 0 Å². The van der Waals surface area contributed by atoms with Gasteiger partial charge in [-0.1, -0.05) is 53.4 Å². The molecular weight excluding hydrogens is 892 g/mol. The number of aromatic nitrogens is 2. The van der Waals surface area contributed by atoms with Crippen LogP contribution in [0.3, 0.4) is 0 Å². The number of benzene rings is 3. The molecule has 0 saturated carbocycles. The molecule has 4 N–H and O–H groups in total. The van der Waals surface area contributed by atoms with Crippen molar-refractivity contribution in [2.45, 2.75) is 105 Å². The van der Waals surface area contributed by atoms with Gasteiger partial charge in [0.15, 0.2) is 12.6 Å². The Morgan fingerprint density at radius 1 is 0.672 bits per heavy atom. The number of hydrogen-bond acceptors (Lipinski definition) is 12. The third-order valence-corrected chi connectivity index (χ3v) is 10.1. The van der Waals surface area contributed by atoms with E-state index in [1.165, 1.54) is 30.3 Å². The van der Waals surface area contributed by atoms with Gasteiger partial charge in [0.1, 0.15) is 6.29 Å². The standard InChI is InChI=1S/C16H22N2O4.C14H16N2O3.C10H18O2.C6H5BrN2O2/c1-16(2,3)15-12(9-14(21-4)22-5)11-7-6-10(18(19)20)8-13(11)17-15;1-14(2,3)13-11(6-7-17)10-5-4-9(16(18)19)8-12(10)15-13;1-10(2,3)8-6-7-9(11-4)12-5;7-5-2-1-4(9(10)11)3-6(5)8/h6-8,14,17H,9H2,1-5H3;4-5,7-8,15H,6H2,1-3H3;9H,7H2,1-5H3;1-3H,8H2. The van der Waals surface area contributed by atoms with Gasteiger partial charge in [-0.25, -0.2) is 0 Å². The molecule has 0 aliphatic carbocycles. The molecule has 2 heterocycles. The number of nitrogen functional groups attached to an aromatic ring is 1. The Morgan fingerprint density at radius 3 is 1.45 bits per heavy atom. The number of nitro groups is 3. The third kappa shape index (κ3) is 16.1. The lowest BCUT2D eigenvalue weighted by atomic mass is 9.88. The lowest BCUT2D eigenvalue weighted by Gasteiger charge is -2.21. The van der Waals surface area contributed by atoms with Crippen LogP contribution in [0.4, 0.5) is 22.7 Å². The number of halogens is 1. The Hall–Kier alpha value is -5.71. The zero-order chi connectivity index (χ0) is 48.7. The largest absolute Gasteiger partial charge is 0.398 e. The predicted molar refractivity (Wildman–Crippen MR) is 253 cm³/mol. The van der Waals surface area contributed by atoms with Crippen molar-refractivity contribution in [1.82, 2.24) is 9.97 Å². The molecule has 0 amide bonds. The van der Waals surface area contributed by atoms with Crippen molar-refractivity contribution in [3.8, 4) is 11.8 Å². The molecule has 5 rings (SSSR count). The average molecular weight is 954 g/mol. The molecule has 0 saturated heterocycles. The normalized spacial score (nSPS) is 11.4. The number of rotatable bonds is 12. The van der Waals surface area contributed by atoms with Gasteiger partial charge in [0.05, 0.1) is 37.9 Å². The molecule has 0 aliphatic rings. The van der Waals surface area contributed by atoms with Crippen LogP contribution in [0.25, 0.3) is 21.8 Å². The first-order valence-corrected chi connectivity index (χ1v) is 20.8. The summed E-state index contributed by atoms with van der Waals surface area (Å²) < 4.78 is 21.3. The molecule has 0 aliphatic heterocycles. The van der Waals surface area contributed by atoms with Crippen LogP contribution in [0, 0.1) is 47.6 Å². The predicted octanol–water partition coefficient (Wildman–Crippen LogP) is 10.6. The number of nitrogens with two attached hydrogens (primary N) is 1. The number of carbonyl (C=O) groups is 1. The number of anilines is 1. The van der Waals surface area contributed by atoms with Crippen molar-refractivity contribution in [3.63, 3.8) is 0 Å². The summed E-state index contributed by atoms with van der Waals surface area (Å²) in [6.45, 7) is 18.7. The van der Waals surface area contributed by atoms with Crippen molar-refractivity contribution in [2.75, 3.05) is 34.2 Å². The minimum absolute atomic E-state index is 0.00528. The van der Waals surface area contributed by atoms with Gasteiger partial charge in [-0.3, -0.25) is 30.3 Å². The number of aldehydes is 1. The Bertz CT molecular complexity index is 2440. The second-order valence-corrected chi connectivity index (χ2v) is 18.4. The fourth-order valence-electron chi connectivity index (χ4n) is 6.24. The Kier molecular flexibility index (Phi) is 20.3. The highest BCUT2D eigenvalue weighted by atomic mass is 79.9. The number of ether oxygens (including phenoxy) is 4. The highest BCUT2D eigenvalue weighted by molar-refractivity contribution is 9.10. The smallest absolute Gasteiger partial charge is 0.271 e. The van der Waals surface area contributed by atoms with E-state index in [0.29, 0.717) is 34.9 Å². The van der Waals surface area contributed by atoms with Crippen LogP contribution in [-0.2, 0) is 47.4 Å². The first-order valence-electron chi connectivity index (χ1n) is 20.1. The number of nitro benzene ring substituents is 3. The fraction of sp³-hybridized carbons (Fsp3) is 0.457. The fourth-order valence-corrected chi connectivity index (χ4v) is 6.49. The molecule has 0 bridgehead atoms. The molecule has 0 spiro atoms. The quantitative estimate of drug-likeness (QED) is 0.0264. The molecule has 17 nitrogen and oxygen atoms in total. The zero-order valence-electron chi connectivity index (χ0n) is 38.8. The average Bonchev–Trinajstić information content (AvgIpc) is 3.78. The molecule has 0 fully saturated rings. The molecule has 0 unspecified atom stereocenters. The molecule has 0 atom stereocenters.